The average Bonchev–Trinajstić information content (AvgIpc) is 3.07. The number of halogens is 1. The van der Waals surface area contributed by atoms with Crippen LogP contribution in [0.2, 0.25) is 0 Å². The van der Waals surface area contributed by atoms with Gasteiger partial charge in [-0.25, -0.2) is 9.78 Å². The Morgan fingerprint density at radius 3 is 2.71 bits per heavy atom. The van der Waals surface area contributed by atoms with E-state index in [9.17, 15) is 14.7 Å². The van der Waals surface area contributed by atoms with Crippen molar-refractivity contribution in [3.05, 3.63) is 52.6 Å². The number of aliphatic carboxylic acids is 1. The van der Waals surface area contributed by atoms with Gasteiger partial charge in [0.2, 0.25) is 5.88 Å². The summed E-state index contributed by atoms with van der Waals surface area (Å²) in [6, 6.07) is 9.81. The molecule has 0 bridgehead atoms. The maximum Gasteiger partial charge on any atom is 0.326 e. The van der Waals surface area contributed by atoms with Crippen LogP contribution in [-0.2, 0) is 4.79 Å². The number of carbonyl (C=O) groups is 2. The third kappa shape index (κ3) is 3.41. The number of likely N-dealkylation sites (tertiary alicyclic amines) is 1. The fourth-order valence-corrected chi connectivity index (χ4v) is 3.01. The Morgan fingerprint density at radius 2 is 2.04 bits per heavy atom. The van der Waals surface area contributed by atoms with Gasteiger partial charge in [0.25, 0.3) is 5.91 Å². The second-order valence-corrected chi connectivity index (χ2v) is 6.27. The Bertz CT molecular complexity index is 763. The summed E-state index contributed by atoms with van der Waals surface area (Å²) >= 11 is 3.39. The molecule has 24 heavy (non-hydrogen) atoms. The zero-order chi connectivity index (χ0) is 17.1. The third-order valence-electron chi connectivity index (χ3n) is 3.83. The smallest absolute Gasteiger partial charge is 0.326 e. The van der Waals surface area contributed by atoms with Crippen molar-refractivity contribution in [2.24, 2.45) is 0 Å². The number of hydrogen-bond acceptors (Lipinski definition) is 4. The van der Waals surface area contributed by atoms with E-state index in [4.69, 9.17) is 4.74 Å². The monoisotopic (exact) mass is 390 g/mol. The fourth-order valence-electron chi connectivity index (χ4n) is 2.64. The van der Waals surface area contributed by atoms with Crippen LogP contribution in [0.25, 0.3) is 0 Å². The first-order valence-corrected chi connectivity index (χ1v) is 8.28. The van der Waals surface area contributed by atoms with E-state index in [1.165, 1.54) is 11.1 Å². The summed E-state index contributed by atoms with van der Waals surface area (Å²) in [5.41, 5.74) is 0.350. The van der Waals surface area contributed by atoms with E-state index < -0.39 is 12.0 Å². The van der Waals surface area contributed by atoms with Crippen LogP contribution in [0.4, 0.5) is 0 Å². The number of carboxylic acids is 1. The first-order chi connectivity index (χ1) is 11.6. The van der Waals surface area contributed by atoms with Gasteiger partial charge in [-0.2, -0.15) is 0 Å². The molecule has 1 atom stereocenters. The minimum absolute atomic E-state index is 0.320. The highest BCUT2D eigenvalue weighted by molar-refractivity contribution is 9.10. The van der Waals surface area contributed by atoms with Crippen molar-refractivity contribution >= 4 is 27.8 Å². The van der Waals surface area contributed by atoms with E-state index in [0.29, 0.717) is 36.6 Å². The highest BCUT2D eigenvalue weighted by Gasteiger charge is 2.34. The Balaban J connectivity index is 1.73. The first kappa shape index (κ1) is 16.4. The molecule has 1 saturated heterocycles. The van der Waals surface area contributed by atoms with Crippen molar-refractivity contribution in [3.63, 3.8) is 0 Å². The van der Waals surface area contributed by atoms with Crippen LogP contribution < -0.4 is 4.74 Å². The Labute approximate surface area is 147 Å². The van der Waals surface area contributed by atoms with E-state index >= 15 is 0 Å². The summed E-state index contributed by atoms with van der Waals surface area (Å²) < 4.78 is 6.45. The molecule has 0 aliphatic carbocycles. The van der Waals surface area contributed by atoms with Gasteiger partial charge in [0.15, 0.2) is 0 Å². The van der Waals surface area contributed by atoms with E-state index in [2.05, 4.69) is 20.9 Å². The molecule has 3 rings (SSSR count). The van der Waals surface area contributed by atoms with Gasteiger partial charge in [0.1, 0.15) is 11.8 Å². The molecule has 1 aromatic carbocycles. The second kappa shape index (κ2) is 7.00. The van der Waals surface area contributed by atoms with Gasteiger partial charge in [0.05, 0.1) is 10.0 Å². The van der Waals surface area contributed by atoms with Gasteiger partial charge >= 0.3 is 5.97 Å². The number of nitrogens with zero attached hydrogens (tertiary/aromatic N) is 2. The number of pyridine rings is 1. The van der Waals surface area contributed by atoms with Gasteiger partial charge in [-0.05, 0) is 47.0 Å². The summed E-state index contributed by atoms with van der Waals surface area (Å²) in [4.78, 5) is 29.2. The van der Waals surface area contributed by atoms with Crippen LogP contribution in [0.3, 0.4) is 0 Å². The molecule has 1 aliphatic rings. The molecule has 124 valence electrons. The molecule has 7 heteroatoms. The molecule has 1 unspecified atom stereocenters. The van der Waals surface area contributed by atoms with E-state index in [0.717, 1.165) is 4.47 Å². The molecule has 1 amide bonds. The zero-order valence-electron chi connectivity index (χ0n) is 12.7. The molecule has 0 radical (unpaired) electrons. The standard InChI is InChI=1S/C17H15BrN2O4/c18-12-4-1-2-6-14(12)24-15-8-7-11(10-19-15)16(21)20-9-3-5-13(20)17(22)23/h1-2,4,6-8,10,13H,3,5,9H2,(H,22,23). The number of aromatic nitrogens is 1. The molecule has 1 aliphatic heterocycles. The highest BCUT2D eigenvalue weighted by Crippen LogP contribution is 2.28. The SMILES string of the molecule is O=C(O)C1CCCN1C(=O)c1ccc(Oc2ccccc2Br)nc1. The Morgan fingerprint density at radius 1 is 1.25 bits per heavy atom. The quantitative estimate of drug-likeness (QED) is 0.865. The van der Waals surface area contributed by atoms with Crippen LogP contribution in [0.15, 0.2) is 47.1 Å². The molecule has 1 aromatic heterocycles. The topological polar surface area (TPSA) is 79.7 Å². The molecule has 2 aromatic rings. The van der Waals surface area contributed by atoms with Gasteiger partial charge < -0.3 is 14.7 Å². The Kier molecular flexibility index (Phi) is 4.80. The molecule has 6 nitrogen and oxygen atoms in total. The lowest BCUT2D eigenvalue weighted by molar-refractivity contribution is -0.141. The molecular formula is C17H15BrN2O4. The predicted molar refractivity (Wildman–Crippen MR) is 90.1 cm³/mol. The fraction of sp³-hybridized carbons (Fsp3) is 0.235. The first-order valence-electron chi connectivity index (χ1n) is 7.48. The largest absolute Gasteiger partial charge is 0.480 e. The summed E-state index contributed by atoms with van der Waals surface area (Å²) in [6.45, 7) is 0.449. The highest BCUT2D eigenvalue weighted by atomic mass is 79.9. The minimum atomic E-state index is -0.970. The van der Waals surface area contributed by atoms with Crippen molar-refractivity contribution in [1.82, 2.24) is 9.88 Å². The van der Waals surface area contributed by atoms with Crippen LogP contribution in [0.5, 0.6) is 11.6 Å². The number of ether oxygens (including phenoxy) is 1. The summed E-state index contributed by atoms with van der Waals surface area (Å²) in [5, 5.41) is 9.18. The van der Waals surface area contributed by atoms with Crippen molar-refractivity contribution in [2.45, 2.75) is 18.9 Å². The maximum atomic E-state index is 12.5. The van der Waals surface area contributed by atoms with E-state index in [1.807, 2.05) is 18.2 Å². The normalized spacial score (nSPS) is 16.9. The number of rotatable bonds is 4. The number of carbonyl (C=O) groups excluding carboxylic acids is 1. The van der Waals surface area contributed by atoms with Crippen molar-refractivity contribution < 1.29 is 19.4 Å². The number of amides is 1. The van der Waals surface area contributed by atoms with Gasteiger partial charge in [-0.3, -0.25) is 4.79 Å². The number of benzene rings is 1. The lowest BCUT2D eigenvalue weighted by Crippen LogP contribution is -2.40. The number of para-hydroxylation sites is 1. The number of carboxylic acid groups (broad SMARTS) is 1. The average molecular weight is 391 g/mol. The van der Waals surface area contributed by atoms with Gasteiger partial charge in [0, 0.05) is 18.8 Å². The molecular weight excluding hydrogens is 376 g/mol. The molecule has 0 saturated carbocycles. The second-order valence-electron chi connectivity index (χ2n) is 5.41. The molecule has 1 N–H and O–H groups in total. The Hall–Kier alpha value is -2.41. The molecule has 1 fully saturated rings. The predicted octanol–water partition coefficient (Wildman–Crippen LogP) is 3.33. The van der Waals surface area contributed by atoms with Crippen LogP contribution in [0.1, 0.15) is 23.2 Å². The summed E-state index contributed by atoms with van der Waals surface area (Å²) in [5.74, 6) is -0.313. The van der Waals surface area contributed by atoms with Crippen LogP contribution in [-0.4, -0.2) is 39.5 Å². The van der Waals surface area contributed by atoms with Crippen molar-refractivity contribution in [3.8, 4) is 11.6 Å². The number of hydrogen-bond donors (Lipinski definition) is 1. The summed E-state index contributed by atoms with van der Waals surface area (Å²) in [6.07, 6.45) is 2.59. The maximum absolute atomic E-state index is 12.5. The summed E-state index contributed by atoms with van der Waals surface area (Å²) in [7, 11) is 0. The lowest BCUT2D eigenvalue weighted by Gasteiger charge is -2.21. The lowest BCUT2D eigenvalue weighted by atomic mass is 10.2. The van der Waals surface area contributed by atoms with Crippen LogP contribution >= 0.6 is 15.9 Å². The van der Waals surface area contributed by atoms with E-state index in [-0.39, 0.29) is 5.91 Å². The third-order valence-corrected chi connectivity index (χ3v) is 4.49. The van der Waals surface area contributed by atoms with Gasteiger partial charge in [-0.1, -0.05) is 12.1 Å². The van der Waals surface area contributed by atoms with Crippen LogP contribution in [0, 0.1) is 0 Å². The molecule has 2 heterocycles. The zero-order valence-corrected chi connectivity index (χ0v) is 14.3. The van der Waals surface area contributed by atoms with Crippen molar-refractivity contribution in [2.75, 3.05) is 6.54 Å². The van der Waals surface area contributed by atoms with Gasteiger partial charge in [-0.15, -0.1) is 0 Å². The minimum Gasteiger partial charge on any atom is -0.480 e. The van der Waals surface area contributed by atoms with E-state index in [1.54, 1.807) is 18.2 Å². The van der Waals surface area contributed by atoms with Crippen molar-refractivity contribution in [1.29, 1.82) is 0 Å². The molecule has 0 spiro atoms.